The molecule has 0 atom stereocenters. The molecule has 0 saturated heterocycles. The molecule has 22 heavy (non-hydrogen) atoms. The van der Waals surface area contributed by atoms with Gasteiger partial charge in [0, 0.05) is 19.1 Å². The molecule has 1 aliphatic rings. The lowest BCUT2D eigenvalue weighted by molar-refractivity contribution is 0.153. The standard InChI is InChI=1S/C20H25NO/c1-3-9-18(10-4-1)17-21(19-11-7-8-12-19)15-16-22-20-13-5-2-6-14-20/h1-6,9-10,13-14,19H,7-8,11-12,15-17H2. The van der Waals surface area contributed by atoms with Crippen molar-refractivity contribution in [3.63, 3.8) is 0 Å². The molecule has 2 aromatic carbocycles. The van der Waals surface area contributed by atoms with Crippen LogP contribution in [0.3, 0.4) is 0 Å². The van der Waals surface area contributed by atoms with Crippen molar-refractivity contribution >= 4 is 0 Å². The monoisotopic (exact) mass is 295 g/mol. The quantitative estimate of drug-likeness (QED) is 0.745. The summed E-state index contributed by atoms with van der Waals surface area (Å²) in [6.07, 6.45) is 5.40. The maximum atomic E-state index is 5.89. The van der Waals surface area contributed by atoms with Crippen molar-refractivity contribution in [2.24, 2.45) is 0 Å². The highest BCUT2D eigenvalue weighted by atomic mass is 16.5. The molecule has 1 aliphatic carbocycles. The third-order valence-corrected chi connectivity index (χ3v) is 4.46. The van der Waals surface area contributed by atoms with E-state index in [1.807, 2.05) is 30.3 Å². The molecule has 0 aliphatic heterocycles. The van der Waals surface area contributed by atoms with Gasteiger partial charge in [-0.25, -0.2) is 0 Å². The van der Waals surface area contributed by atoms with Crippen molar-refractivity contribution in [1.82, 2.24) is 4.90 Å². The SMILES string of the molecule is c1ccc(CN(CCOc2ccccc2)C2CCCC2)cc1. The number of rotatable bonds is 7. The Morgan fingerprint density at radius 3 is 2.18 bits per heavy atom. The van der Waals surface area contributed by atoms with Gasteiger partial charge in [-0.2, -0.15) is 0 Å². The van der Waals surface area contributed by atoms with E-state index < -0.39 is 0 Å². The zero-order valence-electron chi connectivity index (χ0n) is 13.2. The number of benzene rings is 2. The summed E-state index contributed by atoms with van der Waals surface area (Å²) in [5, 5.41) is 0. The first kappa shape index (κ1) is 15.1. The van der Waals surface area contributed by atoms with Crippen molar-refractivity contribution in [3.8, 4) is 5.75 Å². The molecule has 2 heteroatoms. The van der Waals surface area contributed by atoms with Gasteiger partial charge in [-0.1, -0.05) is 61.4 Å². The molecular weight excluding hydrogens is 270 g/mol. The Labute approximate surface area is 133 Å². The first-order chi connectivity index (χ1) is 10.9. The number of para-hydroxylation sites is 1. The Balaban J connectivity index is 1.56. The Morgan fingerprint density at radius 1 is 0.864 bits per heavy atom. The van der Waals surface area contributed by atoms with Gasteiger partial charge in [-0.3, -0.25) is 4.90 Å². The Kier molecular flexibility index (Phi) is 5.49. The predicted octanol–water partition coefficient (Wildman–Crippen LogP) is 4.51. The van der Waals surface area contributed by atoms with Crippen LogP contribution in [0.1, 0.15) is 31.2 Å². The second-order valence-electron chi connectivity index (χ2n) is 6.06. The number of hydrogen-bond acceptors (Lipinski definition) is 2. The van der Waals surface area contributed by atoms with Crippen molar-refractivity contribution in [2.75, 3.05) is 13.2 Å². The third kappa shape index (κ3) is 4.35. The van der Waals surface area contributed by atoms with Crippen molar-refractivity contribution in [3.05, 3.63) is 66.2 Å². The van der Waals surface area contributed by atoms with Crippen LogP contribution in [0.4, 0.5) is 0 Å². The number of ether oxygens (including phenoxy) is 1. The minimum absolute atomic E-state index is 0.722. The zero-order valence-corrected chi connectivity index (χ0v) is 13.2. The summed E-state index contributed by atoms with van der Waals surface area (Å²) in [6, 6.07) is 21.6. The van der Waals surface area contributed by atoms with Crippen LogP contribution in [-0.4, -0.2) is 24.1 Å². The van der Waals surface area contributed by atoms with Crippen LogP contribution in [0.25, 0.3) is 0 Å². The van der Waals surface area contributed by atoms with E-state index in [2.05, 4.69) is 35.2 Å². The van der Waals surface area contributed by atoms with Gasteiger partial charge >= 0.3 is 0 Å². The topological polar surface area (TPSA) is 12.5 Å². The lowest BCUT2D eigenvalue weighted by Gasteiger charge is -2.28. The minimum Gasteiger partial charge on any atom is -0.492 e. The first-order valence-electron chi connectivity index (χ1n) is 8.37. The molecule has 0 unspecified atom stereocenters. The van der Waals surface area contributed by atoms with Gasteiger partial charge in [0.25, 0.3) is 0 Å². The average molecular weight is 295 g/mol. The average Bonchev–Trinajstić information content (AvgIpc) is 3.10. The molecule has 0 amide bonds. The third-order valence-electron chi connectivity index (χ3n) is 4.46. The summed E-state index contributed by atoms with van der Waals surface area (Å²) in [6.45, 7) is 2.78. The van der Waals surface area contributed by atoms with E-state index in [-0.39, 0.29) is 0 Å². The van der Waals surface area contributed by atoms with E-state index in [0.717, 1.165) is 31.5 Å². The highest BCUT2D eigenvalue weighted by Gasteiger charge is 2.22. The van der Waals surface area contributed by atoms with Gasteiger partial charge in [0.05, 0.1) is 0 Å². The van der Waals surface area contributed by atoms with Gasteiger partial charge in [0.15, 0.2) is 0 Å². The highest BCUT2D eigenvalue weighted by molar-refractivity contribution is 5.20. The first-order valence-corrected chi connectivity index (χ1v) is 8.37. The van der Waals surface area contributed by atoms with Crippen LogP contribution in [0, 0.1) is 0 Å². The molecule has 0 spiro atoms. The lowest BCUT2D eigenvalue weighted by atomic mass is 10.1. The van der Waals surface area contributed by atoms with Crippen molar-refractivity contribution in [1.29, 1.82) is 0 Å². The summed E-state index contributed by atoms with van der Waals surface area (Å²) in [5.41, 5.74) is 1.40. The van der Waals surface area contributed by atoms with Crippen LogP contribution in [0.15, 0.2) is 60.7 Å². The summed E-state index contributed by atoms with van der Waals surface area (Å²) >= 11 is 0. The maximum Gasteiger partial charge on any atom is 0.119 e. The molecule has 0 bridgehead atoms. The molecule has 3 rings (SSSR count). The van der Waals surface area contributed by atoms with Crippen LogP contribution >= 0.6 is 0 Å². The summed E-state index contributed by atoms with van der Waals surface area (Å²) in [4.78, 5) is 2.60. The molecule has 2 aromatic rings. The highest BCUT2D eigenvalue weighted by Crippen LogP contribution is 2.24. The molecule has 1 fully saturated rings. The van der Waals surface area contributed by atoms with E-state index >= 15 is 0 Å². The number of hydrogen-bond donors (Lipinski definition) is 0. The summed E-state index contributed by atoms with van der Waals surface area (Å²) in [5.74, 6) is 0.966. The fraction of sp³-hybridized carbons (Fsp3) is 0.400. The van der Waals surface area contributed by atoms with Crippen LogP contribution in [-0.2, 0) is 6.54 Å². The largest absolute Gasteiger partial charge is 0.492 e. The van der Waals surface area contributed by atoms with Gasteiger partial charge < -0.3 is 4.74 Å². The minimum atomic E-state index is 0.722. The van der Waals surface area contributed by atoms with E-state index in [4.69, 9.17) is 4.74 Å². The molecular formula is C20H25NO. The smallest absolute Gasteiger partial charge is 0.119 e. The lowest BCUT2D eigenvalue weighted by Crippen LogP contribution is -2.36. The van der Waals surface area contributed by atoms with Crippen molar-refractivity contribution in [2.45, 2.75) is 38.3 Å². The molecule has 2 nitrogen and oxygen atoms in total. The van der Waals surface area contributed by atoms with Crippen LogP contribution in [0.2, 0.25) is 0 Å². The fourth-order valence-corrected chi connectivity index (χ4v) is 3.28. The fourth-order valence-electron chi connectivity index (χ4n) is 3.28. The maximum absolute atomic E-state index is 5.89. The van der Waals surface area contributed by atoms with Crippen LogP contribution < -0.4 is 4.74 Å². The molecule has 0 radical (unpaired) electrons. The molecule has 0 heterocycles. The predicted molar refractivity (Wildman–Crippen MR) is 91.0 cm³/mol. The molecule has 1 saturated carbocycles. The second kappa shape index (κ2) is 8.00. The molecule has 0 N–H and O–H groups in total. The Hall–Kier alpha value is -1.80. The summed E-state index contributed by atoms with van der Waals surface area (Å²) in [7, 11) is 0. The van der Waals surface area contributed by atoms with Crippen molar-refractivity contribution < 1.29 is 4.74 Å². The van der Waals surface area contributed by atoms with Gasteiger partial charge in [-0.15, -0.1) is 0 Å². The van der Waals surface area contributed by atoms with Gasteiger partial charge in [0.2, 0.25) is 0 Å². The normalized spacial score (nSPS) is 15.3. The van der Waals surface area contributed by atoms with E-state index in [0.29, 0.717) is 0 Å². The van der Waals surface area contributed by atoms with Gasteiger partial charge in [0.1, 0.15) is 12.4 Å². The zero-order chi connectivity index (χ0) is 15.0. The van der Waals surface area contributed by atoms with E-state index in [1.54, 1.807) is 0 Å². The second-order valence-corrected chi connectivity index (χ2v) is 6.06. The van der Waals surface area contributed by atoms with E-state index in [1.165, 1.54) is 31.2 Å². The molecule has 116 valence electrons. The van der Waals surface area contributed by atoms with Crippen LogP contribution in [0.5, 0.6) is 5.75 Å². The van der Waals surface area contributed by atoms with E-state index in [9.17, 15) is 0 Å². The Morgan fingerprint density at radius 2 is 1.50 bits per heavy atom. The number of nitrogens with zero attached hydrogens (tertiary/aromatic N) is 1. The molecule has 0 aromatic heterocycles. The summed E-state index contributed by atoms with van der Waals surface area (Å²) < 4.78 is 5.89. The van der Waals surface area contributed by atoms with Gasteiger partial charge in [-0.05, 0) is 30.5 Å². The Bertz CT molecular complexity index is 534.